The molecule has 0 saturated heterocycles. The molecule has 0 aliphatic carbocycles. The van der Waals surface area contributed by atoms with Crippen LogP contribution in [0.1, 0.15) is 41.3 Å². The Labute approximate surface area is 159 Å². The van der Waals surface area contributed by atoms with Crippen molar-refractivity contribution in [3.63, 3.8) is 0 Å². The van der Waals surface area contributed by atoms with E-state index in [1.807, 2.05) is 13.8 Å². The number of carboxylic acids is 1. The predicted octanol–water partition coefficient (Wildman–Crippen LogP) is 2.95. The molecule has 0 bridgehead atoms. The van der Waals surface area contributed by atoms with Crippen molar-refractivity contribution in [1.82, 2.24) is 5.32 Å². The number of rotatable bonds is 8. The van der Waals surface area contributed by atoms with Gasteiger partial charge in [-0.2, -0.15) is 0 Å². The summed E-state index contributed by atoms with van der Waals surface area (Å²) in [6.07, 6.45) is 0.973. The van der Waals surface area contributed by atoms with Gasteiger partial charge in [-0.3, -0.25) is 4.79 Å². The number of carboxylic acid groups (broad SMARTS) is 1. The molecule has 0 radical (unpaired) electrons. The molecule has 0 spiro atoms. The molecule has 7 heteroatoms. The lowest BCUT2D eigenvalue weighted by Gasteiger charge is -2.13. The van der Waals surface area contributed by atoms with Crippen molar-refractivity contribution in [1.29, 1.82) is 0 Å². The fourth-order valence-corrected chi connectivity index (χ4v) is 3.94. The molecular weight excluding hydrogens is 366 g/mol. The average Bonchev–Trinajstić information content (AvgIpc) is 2.61. The van der Waals surface area contributed by atoms with Crippen molar-refractivity contribution in [2.45, 2.75) is 43.4 Å². The van der Waals surface area contributed by atoms with Crippen molar-refractivity contribution in [2.24, 2.45) is 0 Å². The summed E-state index contributed by atoms with van der Waals surface area (Å²) in [6.45, 7) is 3.72. The van der Waals surface area contributed by atoms with Crippen LogP contribution in [-0.2, 0) is 20.4 Å². The highest BCUT2D eigenvalue weighted by atomic mass is 32.2. The van der Waals surface area contributed by atoms with Crippen LogP contribution in [0.3, 0.4) is 0 Å². The lowest BCUT2D eigenvalue weighted by molar-refractivity contribution is -0.139. The second kappa shape index (κ2) is 8.81. The van der Waals surface area contributed by atoms with Gasteiger partial charge in [0.05, 0.1) is 10.6 Å². The molecule has 0 aromatic heterocycles. The van der Waals surface area contributed by atoms with E-state index in [0.717, 1.165) is 5.56 Å². The lowest BCUT2D eigenvalue weighted by atomic mass is 10.1. The van der Waals surface area contributed by atoms with Crippen LogP contribution in [-0.4, -0.2) is 31.4 Å². The van der Waals surface area contributed by atoms with Gasteiger partial charge in [-0.25, -0.2) is 13.2 Å². The average molecular weight is 389 g/mol. The van der Waals surface area contributed by atoms with Crippen molar-refractivity contribution in [3.8, 4) is 0 Å². The first-order valence-corrected chi connectivity index (χ1v) is 10.3. The van der Waals surface area contributed by atoms with E-state index in [-0.39, 0.29) is 16.2 Å². The third-order valence-corrected chi connectivity index (χ3v) is 5.84. The largest absolute Gasteiger partial charge is 0.480 e. The van der Waals surface area contributed by atoms with Crippen molar-refractivity contribution < 1.29 is 23.1 Å². The first-order valence-electron chi connectivity index (χ1n) is 8.65. The molecule has 0 fully saturated rings. The molecular formula is C20H23NO5S. The van der Waals surface area contributed by atoms with Gasteiger partial charge in [0.2, 0.25) is 0 Å². The summed E-state index contributed by atoms with van der Waals surface area (Å²) in [4.78, 5) is 23.6. The Kier molecular flexibility index (Phi) is 6.74. The van der Waals surface area contributed by atoms with Gasteiger partial charge in [-0.15, -0.1) is 0 Å². The van der Waals surface area contributed by atoms with Crippen LogP contribution in [0.4, 0.5) is 0 Å². The van der Waals surface area contributed by atoms with Gasteiger partial charge in [0, 0.05) is 5.56 Å². The van der Waals surface area contributed by atoms with Gasteiger partial charge < -0.3 is 10.4 Å². The van der Waals surface area contributed by atoms with Crippen LogP contribution in [0, 0.1) is 6.92 Å². The number of aliphatic carboxylic acids is 1. The summed E-state index contributed by atoms with van der Waals surface area (Å²) < 4.78 is 25.0. The number of sulfone groups is 1. The molecule has 2 rings (SSSR count). The maximum absolute atomic E-state index is 12.5. The topological polar surface area (TPSA) is 101 Å². The number of benzene rings is 2. The highest BCUT2D eigenvalue weighted by Crippen LogP contribution is 2.17. The zero-order valence-electron chi connectivity index (χ0n) is 15.3. The predicted molar refractivity (Wildman–Crippen MR) is 102 cm³/mol. The summed E-state index contributed by atoms with van der Waals surface area (Å²) in [5.74, 6) is -1.75. The van der Waals surface area contributed by atoms with Crippen molar-refractivity contribution in [3.05, 3.63) is 65.2 Å². The Bertz CT molecular complexity index is 902. The number of nitrogens with one attached hydrogen (secondary N) is 1. The molecule has 0 saturated carbocycles. The molecule has 1 amide bonds. The Morgan fingerprint density at radius 1 is 1.04 bits per heavy atom. The molecule has 0 heterocycles. The van der Waals surface area contributed by atoms with E-state index in [9.17, 15) is 18.0 Å². The summed E-state index contributed by atoms with van der Waals surface area (Å²) >= 11 is 0. The SMILES string of the molecule is CCCC(NC(=O)c1ccc(CS(=O)(=O)c2ccc(C)cc2)cc1)C(=O)O. The third-order valence-electron chi connectivity index (χ3n) is 4.13. The first kappa shape index (κ1) is 20.6. The van der Waals surface area contributed by atoms with Gasteiger partial charge in [0.15, 0.2) is 9.84 Å². The second-order valence-corrected chi connectivity index (χ2v) is 8.41. The summed E-state index contributed by atoms with van der Waals surface area (Å²) in [6, 6.07) is 11.8. The van der Waals surface area contributed by atoms with Crippen LogP contribution < -0.4 is 5.32 Å². The molecule has 2 aromatic rings. The Hall–Kier alpha value is -2.67. The minimum absolute atomic E-state index is 0.175. The van der Waals surface area contributed by atoms with Crippen LogP contribution in [0.5, 0.6) is 0 Å². The monoisotopic (exact) mass is 389 g/mol. The number of hydrogen-bond donors (Lipinski definition) is 2. The molecule has 2 N–H and O–H groups in total. The molecule has 1 atom stereocenters. The van der Waals surface area contributed by atoms with Crippen LogP contribution in [0.2, 0.25) is 0 Å². The van der Waals surface area contributed by atoms with Crippen molar-refractivity contribution in [2.75, 3.05) is 0 Å². The van der Waals surface area contributed by atoms with Crippen LogP contribution in [0.25, 0.3) is 0 Å². The van der Waals surface area contributed by atoms with E-state index < -0.39 is 27.8 Å². The fraction of sp³-hybridized carbons (Fsp3) is 0.300. The van der Waals surface area contributed by atoms with Gasteiger partial charge in [0.25, 0.3) is 5.91 Å². The van der Waals surface area contributed by atoms with Gasteiger partial charge in [-0.1, -0.05) is 43.2 Å². The number of carbonyl (C=O) groups excluding carboxylic acids is 1. The van der Waals surface area contributed by atoms with Crippen molar-refractivity contribution >= 4 is 21.7 Å². The molecule has 6 nitrogen and oxygen atoms in total. The molecule has 0 aliphatic rings. The van der Waals surface area contributed by atoms with E-state index in [1.165, 1.54) is 12.1 Å². The normalized spacial score (nSPS) is 12.4. The van der Waals surface area contributed by atoms with Gasteiger partial charge in [-0.05, 0) is 43.2 Å². The first-order chi connectivity index (χ1) is 12.7. The summed E-state index contributed by atoms with van der Waals surface area (Å²) in [5, 5.41) is 11.6. The van der Waals surface area contributed by atoms with Crippen LogP contribution in [0.15, 0.2) is 53.4 Å². The zero-order chi connectivity index (χ0) is 20.0. The lowest BCUT2D eigenvalue weighted by Crippen LogP contribution is -2.40. The molecule has 27 heavy (non-hydrogen) atoms. The Balaban J connectivity index is 2.09. The Morgan fingerprint density at radius 3 is 2.15 bits per heavy atom. The molecule has 0 aliphatic heterocycles. The van der Waals surface area contributed by atoms with E-state index >= 15 is 0 Å². The standard InChI is InChI=1S/C20H23NO5S/c1-3-4-18(20(23)24)21-19(22)16-9-7-15(8-10-16)13-27(25,26)17-11-5-14(2)6-12-17/h5-12,18H,3-4,13H2,1-2H3,(H,21,22)(H,23,24). The molecule has 1 unspecified atom stereocenters. The maximum Gasteiger partial charge on any atom is 0.326 e. The minimum Gasteiger partial charge on any atom is -0.480 e. The van der Waals surface area contributed by atoms with E-state index in [2.05, 4.69) is 5.32 Å². The van der Waals surface area contributed by atoms with Gasteiger partial charge in [0.1, 0.15) is 6.04 Å². The fourth-order valence-electron chi connectivity index (χ4n) is 2.59. The maximum atomic E-state index is 12.5. The second-order valence-electron chi connectivity index (χ2n) is 6.42. The smallest absolute Gasteiger partial charge is 0.326 e. The molecule has 2 aromatic carbocycles. The highest BCUT2D eigenvalue weighted by molar-refractivity contribution is 7.90. The van der Waals surface area contributed by atoms with E-state index in [1.54, 1.807) is 36.4 Å². The Morgan fingerprint density at radius 2 is 1.63 bits per heavy atom. The minimum atomic E-state index is -3.48. The molecule has 144 valence electrons. The van der Waals surface area contributed by atoms with E-state index in [0.29, 0.717) is 18.4 Å². The van der Waals surface area contributed by atoms with Gasteiger partial charge >= 0.3 is 5.97 Å². The van der Waals surface area contributed by atoms with Crippen LogP contribution >= 0.6 is 0 Å². The third kappa shape index (κ3) is 5.65. The zero-order valence-corrected chi connectivity index (χ0v) is 16.1. The number of amides is 1. The quantitative estimate of drug-likeness (QED) is 0.723. The number of aryl methyl sites for hydroxylation is 1. The van der Waals surface area contributed by atoms with E-state index in [4.69, 9.17) is 5.11 Å². The number of hydrogen-bond acceptors (Lipinski definition) is 4. The summed E-state index contributed by atoms with van der Waals surface area (Å²) in [7, 11) is -3.48. The summed E-state index contributed by atoms with van der Waals surface area (Å²) in [5.41, 5.74) is 1.82. The number of carbonyl (C=O) groups is 2. The highest BCUT2D eigenvalue weighted by Gasteiger charge is 2.20.